The van der Waals surface area contributed by atoms with Crippen molar-refractivity contribution in [1.29, 1.82) is 0 Å². The van der Waals surface area contributed by atoms with E-state index in [4.69, 9.17) is 22.2 Å². The first-order chi connectivity index (χ1) is 11.7. The van der Waals surface area contributed by atoms with Crippen LogP contribution in [0.3, 0.4) is 0 Å². The van der Waals surface area contributed by atoms with Crippen LogP contribution in [0.5, 0.6) is 5.75 Å². The molecule has 3 rings (SSSR count). The zero-order chi connectivity index (χ0) is 16.9. The van der Waals surface area contributed by atoms with Gasteiger partial charge in [0.1, 0.15) is 5.75 Å². The molecule has 0 amide bonds. The van der Waals surface area contributed by atoms with Crippen molar-refractivity contribution in [3.8, 4) is 17.1 Å². The minimum absolute atomic E-state index is 0.601. The molecule has 0 unspecified atom stereocenters. The Morgan fingerprint density at radius 3 is 2.67 bits per heavy atom. The van der Waals surface area contributed by atoms with Crippen LogP contribution >= 0.6 is 23.4 Å². The van der Waals surface area contributed by atoms with E-state index in [2.05, 4.69) is 22.3 Å². The first-order valence-corrected chi connectivity index (χ1v) is 8.76. The molecule has 0 fully saturated rings. The summed E-state index contributed by atoms with van der Waals surface area (Å²) in [5, 5.41) is 9.66. The van der Waals surface area contributed by atoms with Gasteiger partial charge >= 0.3 is 0 Å². The van der Waals surface area contributed by atoms with E-state index in [1.165, 1.54) is 10.2 Å². The van der Waals surface area contributed by atoms with Crippen molar-refractivity contribution in [2.75, 3.05) is 18.7 Å². The lowest BCUT2D eigenvalue weighted by Crippen LogP contribution is -2.11. The van der Waals surface area contributed by atoms with Crippen LogP contribution in [0.25, 0.3) is 11.4 Å². The minimum Gasteiger partial charge on any atom is -0.497 e. The summed E-state index contributed by atoms with van der Waals surface area (Å²) < 4.78 is 6.66. The van der Waals surface area contributed by atoms with Gasteiger partial charge in [-0.25, -0.2) is 4.68 Å². The predicted molar refractivity (Wildman–Crippen MR) is 98.0 cm³/mol. The summed E-state index contributed by atoms with van der Waals surface area (Å²) in [6, 6.07) is 15.4. The quantitative estimate of drug-likeness (QED) is 0.536. The van der Waals surface area contributed by atoms with Crippen LogP contribution < -0.4 is 10.6 Å². The van der Waals surface area contributed by atoms with Gasteiger partial charge in [0.05, 0.1) is 7.11 Å². The lowest BCUT2D eigenvalue weighted by molar-refractivity contribution is 0.414. The Morgan fingerprint density at radius 1 is 1.17 bits per heavy atom. The summed E-state index contributed by atoms with van der Waals surface area (Å²) in [5.74, 6) is 8.43. The Bertz CT molecular complexity index is 820. The third-order valence-electron chi connectivity index (χ3n) is 3.53. The van der Waals surface area contributed by atoms with E-state index in [9.17, 15) is 0 Å². The van der Waals surface area contributed by atoms with E-state index in [-0.39, 0.29) is 0 Å². The number of halogens is 1. The normalized spacial score (nSPS) is 10.8. The fraction of sp³-hybridized carbons (Fsp3) is 0.176. The van der Waals surface area contributed by atoms with E-state index in [0.717, 1.165) is 23.5 Å². The summed E-state index contributed by atoms with van der Waals surface area (Å²) >= 11 is 7.59. The first-order valence-electron chi connectivity index (χ1n) is 7.39. The van der Waals surface area contributed by atoms with Gasteiger partial charge in [-0.05, 0) is 36.2 Å². The summed E-state index contributed by atoms with van der Waals surface area (Å²) in [4.78, 5) is 0. The number of hydrogen-bond acceptors (Lipinski definition) is 5. The third-order valence-corrected chi connectivity index (χ3v) is 4.71. The lowest BCUT2D eigenvalue weighted by atomic mass is 10.2. The molecule has 0 bridgehead atoms. The van der Waals surface area contributed by atoms with E-state index in [1.807, 2.05) is 36.4 Å². The van der Waals surface area contributed by atoms with Crippen LogP contribution in [0, 0.1) is 0 Å². The van der Waals surface area contributed by atoms with Gasteiger partial charge in [-0.2, -0.15) is 0 Å². The van der Waals surface area contributed by atoms with Gasteiger partial charge in [0.2, 0.25) is 5.16 Å². The number of rotatable bonds is 6. The molecule has 0 saturated carbocycles. The number of hydrogen-bond donors (Lipinski definition) is 1. The Balaban J connectivity index is 1.64. The predicted octanol–water partition coefficient (Wildman–Crippen LogP) is 3.66. The summed E-state index contributed by atoms with van der Waals surface area (Å²) in [5.41, 5.74) is 2.08. The molecule has 124 valence electrons. The Kier molecular flexibility index (Phi) is 5.27. The van der Waals surface area contributed by atoms with Crippen LogP contribution in [-0.2, 0) is 6.42 Å². The molecule has 2 aromatic carbocycles. The van der Waals surface area contributed by atoms with E-state index < -0.39 is 0 Å². The zero-order valence-corrected chi connectivity index (χ0v) is 14.7. The number of benzene rings is 2. The van der Waals surface area contributed by atoms with Crippen molar-refractivity contribution >= 4 is 23.4 Å². The number of nitrogen functional groups attached to an aromatic ring is 1. The second kappa shape index (κ2) is 7.59. The SMILES string of the molecule is COc1ccc(CCSc2nnc(-c3cccc(Cl)c3)n2N)cc1. The summed E-state index contributed by atoms with van der Waals surface area (Å²) in [6.45, 7) is 0. The molecule has 0 spiro atoms. The maximum absolute atomic E-state index is 6.11. The monoisotopic (exact) mass is 360 g/mol. The molecule has 5 nitrogen and oxygen atoms in total. The highest BCUT2D eigenvalue weighted by molar-refractivity contribution is 7.99. The van der Waals surface area contributed by atoms with Crippen LogP contribution in [0.4, 0.5) is 0 Å². The second-order valence-corrected chi connectivity index (χ2v) is 6.63. The van der Waals surface area contributed by atoms with Crippen LogP contribution in [0.1, 0.15) is 5.56 Å². The Labute approximate surface area is 149 Å². The van der Waals surface area contributed by atoms with Crippen molar-refractivity contribution in [3.63, 3.8) is 0 Å². The van der Waals surface area contributed by atoms with Gasteiger partial charge in [-0.15, -0.1) is 10.2 Å². The van der Waals surface area contributed by atoms with Gasteiger partial charge in [0.25, 0.3) is 0 Å². The smallest absolute Gasteiger partial charge is 0.210 e. The highest BCUT2D eigenvalue weighted by Gasteiger charge is 2.12. The molecule has 0 atom stereocenters. The van der Waals surface area contributed by atoms with Crippen LogP contribution in [0.2, 0.25) is 5.02 Å². The highest BCUT2D eigenvalue weighted by Crippen LogP contribution is 2.24. The lowest BCUT2D eigenvalue weighted by Gasteiger charge is -2.05. The fourth-order valence-electron chi connectivity index (χ4n) is 2.25. The number of ether oxygens (including phenoxy) is 1. The second-order valence-electron chi connectivity index (χ2n) is 5.13. The number of aryl methyl sites for hydroxylation is 1. The maximum atomic E-state index is 6.11. The van der Waals surface area contributed by atoms with Crippen molar-refractivity contribution in [2.24, 2.45) is 0 Å². The van der Waals surface area contributed by atoms with Crippen LogP contribution in [-0.4, -0.2) is 27.7 Å². The van der Waals surface area contributed by atoms with Gasteiger partial charge in [-0.3, -0.25) is 0 Å². The Hall–Kier alpha value is -2.18. The molecule has 0 aliphatic carbocycles. The molecule has 0 aliphatic heterocycles. The zero-order valence-electron chi connectivity index (χ0n) is 13.1. The average molecular weight is 361 g/mol. The van der Waals surface area contributed by atoms with Crippen molar-refractivity contribution in [3.05, 3.63) is 59.1 Å². The van der Waals surface area contributed by atoms with E-state index in [0.29, 0.717) is 16.0 Å². The van der Waals surface area contributed by atoms with E-state index in [1.54, 1.807) is 18.9 Å². The average Bonchev–Trinajstić information content (AvgIpc) is 2.96. The first kappa shape index (κ1) is 16.7. The van der Waals surface area contributed by atoms with Gasteiger partial charge in [0.15, 0.2) is 5.82 Å². The van der Waals surface area contributed by atoms with Crippen LogP contribution in [0.15, 0.2) is 53.7 Å². The molecule has 1 aromatic heterocycles. The molecule has 2 N–H and O–H groups in total. The molecular weight excluding hydrogens is 344 g/mol. The molecule has 7 heteroatoms. The van der Waals surface area contributed by atoms with Gasteiger partial charge in [-0.1, -0.05) is 47.6 Å². The van der Waals surface area contributed by atoms with Gasteiger partial charge in [0, 0.05) is 16.3 Å². The van der Waals surface area contributed by atoms with Gasteiger partial charge < -0.3 is 10.6 Å². The Morgan fingerprint density at radius 2 is 1.96 bits per heavy atom. The molecule has 0 aliphatic rings. The summed E-state index contributed by atoms with van der Waals surface area (Å²) in [7, 11) is 1.66. The summed E-state index contributed by atoms with van der Waals surface area (Å²) in [6.07, 6.45) is 0.911. The largest absolute Gasteiger partial charge is 0.497 e. The fourth-order valence-corrected chi connectivity index (χ4v) is 3.29. The highest BCUT2D eigenvalue weighted by atomic mass is 35.5. The van der Waals surface area contributed by atoms with Crippen molar-refractivity contribution < 1.29 is 4.74 Å². The number of aromatic nitrogens is 3. The molecule has 24 heavy (non-hydrogen) atoms. The topological polar surface area (TPSA) is 66.0 Å². The third kappa shape index (κ3) is 3.83. The molecule has 3 aromatic rings. The number of methoxy groups -OCH3 is 1. The number of nitrogens with two attached hydrogens (primary N) is 1. The molecule has 0 radical (unpaired) electrons. The molecule has 0 saturated heterocycles. The maximum Gasteiger partial charge on any atom is 0.210 e. The number of nitrogens with zero attached hydrogens (tertiary/aromatic N) is 3. The molecule has 1 heterocycles. The standard InChI is InChI=1S/C17H17ClN4OS/c1-23-15-7-5-12(6-8-15)9-10-24-17-21-20-16(22(17)19)13-3-2-4-14(18)11-13/h2-8,11H,9-10,19H2,1H3. The van der Waals surface area contributed by atoms with E-state index >= 15 is 0 Å². The molecular formula is C17H17ClN4OS. The van der Waals surface area contributed by atoms with Crippen molar-refractivity contribution in [1.82, 2.24) is 14.9 Å². The number of thioether (sulfide) groups is 1. The minimum atomic E-state index is 0.601. The van der Waals surface area contributed by atoms with Crippen molar-refractivity contribution in [2.45, 2.75) is 11.6 Å².